The lowest BCUT2D eigenvalue weighted by Gasteiger charge is -2.12. The highest BCUT2D eigenvalue weighted by atomic mass is 35.5. The largest absolute Gasteiger partial charge is 0.467 e. The number of urea groups is 1. The number of furan rings is 1. The van der Waals surface area contributed by atoms with Crippen LogP contribution in [0.5, 0.6) is 0 Å². The Bertz CT molecular complexity index is 1080. The van der Waals surface area contributed by atoms with Crippen LogP contribution in [0.2, 0.25) is 5.02 Å². The number of rotatable bonds is 8. The molecule has 1 atom stereocenters. The van der Waals surface area contributed by atoms with Crippen molar-refractivity contribution in [3.05, 3.63) is 59.1 Å². The summed E-state index contributed by atoms with van der Waals surface area (Å²) in [5.74, 6) is 0.137. The van der Waals surface area contributed by atoms with Gasteiger partial charge in [0.25, 0.3) is 5.91 Å². The number of nitrogens with one attached hydrogen (secondary N) is 3. The average Bonchev–Trinajstić information content (AvgIpc) is 3.44. The van der Waals surface area contributed by atoms with Gasteiger partial charge in [-0.15, -0.1) is 0 Å². The van der Waals surface area contributed by atoms with Crippen LogP contribution in [-0.4, -0.2) is 40.3 Å². The smallest absolute Gasteiger partial charge is 0.324 e. The number of fused-ring (bicyclic) bond motifs is 1. The number of imide groups is 1. The summed E-state index contributed by atoms with van der Waals surface area (Å²) in [7, 11) is 0. The summed E-state index contributed by atoms with van der Waals surface area (Å²) in [5, 5.41) is 6.99. The third kappa shape index (κ3) is 4.33. The highest BCUT2D eigenvalue weighted by Gasteiger charge is 2.37. The summed E-state index contributed by atoms with van der Waals surface area (Å²) < 4.78 is 5.16. The van der Waals surface area contributed by atoms with E-state index in [2.05, 4.69) is 15.6 Å². The van der Waals surface area contributed by atoms with Crippen LogP contribution in [0.25, 0.3) is 10.9 Å². The van der Waals surface area contributed by atoms with Crippen molar-refractivity contribution in [1.82, 2.24) is 20.5 Å². The molecule has 1 unspecified atom stereocenters. The fraction of sp³-hybridized carbons (Fsp3) is 0.286. The molecule has 3 N–H and O–H groups in total. The number of carbonyl (C=O) groups excluding carboxylic acids is 3. The molecular formula is C21H21ClN4O4. The van der Waals surface area contributed by atoms with Crippen LogP contribution in [0.4, 0.5) is 4.79 Å². The highest BCUT2D eigenvalue weighted by molar-refractivity contribution is 6.31. The van der Waals surface area contributed by atoms with E-state index in [1.54, 1.807) is 18.2 Å². The number of aromatic amines is 1. The first-order valence-corrected chi connectivity index (χ1v) is 10.1. The van der Waals surface area contributed by atoms with Crippen LogP contribution in [0.1, 0.15) is 24.2 Å². The van der Waals surface area contributed by atoms with E-state index in [9.17, 15) is 14.4 Å². The number of nitrogens with zero attached hydrogens (tertiary/aromatic N) is 1. The third-order valence-electron chi connectivity index (χ3n) is 5.14. The molecule has 4 rings (SSSR count). The lowest BCUT2D eigenvalue weighted by molar-refractivity contribution is -0.127. The molecule has 2 aromatic heterocycles. The number of hydrogen-bond acceptors (Lipinski definition) is 4. The zero-order chi connectivity index (χ0) is 21.1. The van der Waals surface area contributed by atoms with Crippen molar-refractivity contribution in [3.63, 3.8) is 0 Å². The van der Waals surface area contributed by atoms with Gasteiger partial charge in [0.15, 0.2) is 0 Å². The Balaban J connectivity index is 1.29. The van der Waals surface area contributed by atoms with E-state index in [4.69, 9.17) is 16.0 Å². The topological polar surface area (TPSA) is 107 Å². The molecular weight excluding hydrogens is 408 g/mol. The summed E-state index contributed by atoms with van der Waals surface area (Å²) in [6.45, 7) is 0.545. The Labute approximate surface area is 177 Å². The number of hydrogen-bond donors (Lipinski definition) is 3. The molecule has 9 heteroatoms. The Morgan fingerprint density at radius 1 is 1.27 bits per heavy atom. The number of aromatic nitrogens is 1. The van der Waals surface area contributed by atoms with E-state index in [0.29, 0.717) is 17.2 Å². The summed E-state index contributed by atoms with van der Waals surface area (Å²) in [5.41, 5.74) is 1.93. The minimum Gasteiger partial charge on any atom is -0.467 e. The second-order valence-electron chi connectivity index (χ2n) is 7.14. The van der Waals surface area contributed by atoms with Crippen molar-refractivity contribution in [2.45, 2.75) is 31.8 Å². The van der Waals surface area contributed by atoms with Crippen molar-refractivity contribution in [2.24, 2.45) is 0 Å². The fourth-order valence-electron chi connectivity index (χ4n) is 3.54. The number of benzene rings is 1. The normalized spacial score (nSPS) is 16.3. The molecule has 0 saturated carbocycles. The molecule has 3 heterocycles. The molecule has 0 bridgehead atoms. The fourth-order valence-corrected chi connectivity index (χ4v) is 3.71. The minimum atomic E-state index is -0.690. The zero-order valence-corrected chi connectivity index (χ0v) is 16.9. The van der Waals surface area contributed by atoms with Gasteiger partial charge in [0.05, 0.1) is 12.8 Å². The highest BCUT2D eigenvalue weighted by Crippen LogP contribution is 2.23. The van der Waals surface area contributed by atoms with Gasteiger partial charge in [-0.1, -0.05) is 11.6 Å². The Kier molecular flexibility index (Phi) is 5.76. The Morgan fingerprint density at radius 2 is 2.13 bits per heavy atom. The van der Waals surface area contributed by atoms with Crippen LogP contribution in [0, 0.1) is 0 Å². The van der Waals surface area contributed by atoms with Gasteiger partial charge in [0.2, 0.25) is 5.91 Å². The molecule has 1 saturated heterocycles. The Morgan fingerprint density at radius 3 is 2.93 bits per heavy atom. The van der Waals surface area contributed by atoms with Gasteiger partial charge in [0.1, 0.15) is 11.8 Å². The molecule has 1 aliphatic heterocycles. The molecule has 8 nitrogen and oxygen atoms in total. The lowest BCUT2D eigenvalue weighted by Crippen LogP contribution is -2.33. The van der Waals surface area contributed by atoms with Gasteiger partial charge in [-0.2, -0.15) is 0 Å². The van der Waals surface area contributed by atoms with Crippen LogP contribution in [0.3, 0.4) is 0 Å². The van der Waals surface area contributed by atoms with Crippen molar-refractivity contribution in [3.8, 4) is 0 Å². The second kappa shape index (κ2) is 8.62. The van der Waals surface area contributed by atoms with Crippen LogP contribution >= 0.6 is 11.6 Å². The van der Waals surface area contributed by atoms with Crippen molar-refractivity contribution in [2.75, 3.05) is 6.54 Å². The van der Waals surface area contributed by atoms with Gasteiger partial charge >= 0.3 is 6.03 Å². The quantitative estimate of drug-likeness (QED) is 0.479. The molecule has 4 amide bonds. The Hall–Kier alpha value is -3.26. The summed E-state index contributed by atoms with van der Waals surface area (Å²) in [4.78, 5) is 41.2. The average molecular weight is 429 g/mol. The van der Waals surface area contributed by atoms with Crippen molar-refractivity contribution < 1.29 is 18.8 Å². The van der Waals surface area contributed by atoms with E-state index in [-0.39, 0.29) is 37.7 Å². The molecule has 156 valence electrons. The first-order valence-electron chi connectivity index (χ1n) is 9.68. The summed E-state index contributed by atoms with van der Waals surface area (Å²) in [6.07, 6.45) is 4.28. The van der Waals surface area contributed by atoms with Crippen LogP contribution < -0.4 is 10.6 Å². The zero-order valence-electron chi connectivity index (χ0n) is 16.1. The number of carbonyl (C=O) groups is 3. The predicted octanol–water partition coefficient (Wildman–Crippen LogP) is 2.97. The van der Waals surface area contributed by atoms with E-state index in [1.165, 1.54) is 11.2 Å². The van der Waals surface area contributed by atoms with Gasteiger partial charge < -0.3 is 20.0 Å². The maximum atomic E-state index is 12.6. The molecule has 1 aliphatic rings. The summed E-state index contributed by atoms with van der Waals surface area (Å²) in [6, 6.07) is 7.94. The standard InChI is InChI=1S/C21H21ClN4O4/c22-14-3-4-17-16(10-14)13(11-23-17)7-8-26-20(28)18(25-21(26)29)5-6-19(27)24-12-15-2-1-9-30-15/h1-4,9-11,18,23H,5-8,12H2,(H,24,27)(H,25,29). The number of H-pyrrole nitrogens is 1. The maximum Gasteiger partial charge on any atom is 0.324 e. The van der Waals surface area contributed by atoms with E-state index in [0.717, 1.165) is 16.5 Å². The SMILES string of the molecule is O=C(CCC1NC(=O)N(CCc2c[nH]c3ccc(Cl)cc23)C1=O)NCc1ccco1. The summed E-state index contributed by atoms with van der Waals surface area (Å²) >= 11 is 6.07. The van der Waals surface area contributed by atoms with E-state index < -0.39 is 12.1 Å². The molecule has 0 aliphatic carbocycles. The molecule has 1 aromatic carbocycles. The van der Waals surface area contributed by atoms with E-state index in [1.807, 2.05) is 18.3 Å². The predicted molar refractivity (Wildman–Crippen MR) is 111 cm³/mol. The van der Waals surface area contributed by atoms with Crippen LogP contribution in [0.15, 0.2) is 47.2 Å². The third-order valence-corrected chi connectivity index (χ3v) is 5.38. The van der Waals surface area contributed by atoms with Gasteiger partial charge in [0, 0.05) is 35.1 Å². The molecule has 0 spiro atoms. The first kappa shape index (κ1) is 20.0. The molecule has 30 heavy (non-hydrogen) atoms. The molecule has 1 fully saturated rings. The second-order valence-corrected chi connectivity index (χ2v) is 7.58. The minimum absolute atomic E-state index is 0.131. The van der Waals surface area contributed by atoms with E-state index >= 15 is 0 Å². The van der Waals surface area contributed by atoms with Gasteiger partial charge in [-0.3, -0.25) is 14.5 Å². The number of amides is 4. The van der Waals surface area contributed by atoms with Gasteiger partial charge in [-0.05, 0) is 48.7 Å². The molecule has 0 radical (unpaired) electrons. The molecule has 3 aromatic rings. The van der Waals surface area contributed by atoms with Crippen molar-refractivity contribution in [1.29, 1.82) is 0 Å². The van der Waals surface area contributed by atoms with Crippen LogP contribution in [-0.2, 0) is 22.6 Å². The van der Waals surface area contributed by atoms with Crippen molar-refractivity contribution >= 4 is 40.3 Å². The van der Waals surface area contributed by atoms with Gasteiger partial charge in [-0.25, -0.2) is 4.79 Å². The number of halogens is 1. The first-order chi connectivity index (χ1) is 14.5. The lowest BCUT2D eigenvalue weighted by atomic mass is 10.1. The maximum absolute atomic E-state index is 12.6. The monoisotopic (exact) mass is 428 g/mol.